The fourth-order valence-electron chi connectivity index (χ4n) is 2.35. The van der Waals surface area contributed by atoms with Crippen LogP contribution in [0.4, 0.5) is 0 Å². The van der Waals surface area contributed by atoms with Crippen molar-refractivity contribution in [1.82, 2.24) is 15.6 Å². The molecule has 1 aromatic heterocycles. The summed E-state index contributed by atoms with van der Waals surface area (Å²) in [5, 5.41) is 7.49. The lowest BCUT2D eigenvalue weighted by Crippen LogP contribution is -2.39. The number of aliphatic imine (C=N–C) groups is 1. The molecule has 2 rings (SSSR count). The summed E-state index contributed by atoms with van der Waals surface area (Å²) >= 11 is 1.74. The van der Waals surface area contributed by atoms with Crippen LogP contribution in [0.1, 0.15) is 23.2 Å². The van der Waals surface area contributed by atoms with Crippen LogP contribution in [0, 0.1) is 0 Å². The molecule has 0 spiro atoms. The Morgan fingerprint density at radius 3 is 2.58 bits per heavy atom. The largest absolute Gasteiger partial charge is 0.356 e. The van der Waals surface area contributed by atoms with Gasteiger partial charge in [0.15, 0.2) is 15.8 Å². The first-order valence-electron chi connectivity index (χ1n) is 8.71. The van der Waals surface area contributed by atoms with Crippen molar-refractivity contribution in [3.63, 3.8) is 0 Å². The molecule has 0 aliphatic carbocycles. The highest BCUT2D eigenvalue weighted by atomic mass is 32.2. The van der Waals surface area contributed by atoms with Crippen molar-refractivity contribution >= 4 is 27.1 Å². The molecular formula is C18H26N4O2S2. The smallest absolute Gasteiger partial charge is 0.190 e. The van der Waals surface area contributed by atoms with Crippen molar-refractivity contribution in [1.29, 1.82) is 0 Å². The van der Waals surface area contributed by atoms with Crippen LogP contribution in [-0.2, 0) is 22.7 Å². The zero-order valence-electron chi connectivity index (χ0n) is 15.2. The third-order valence-electron chi connectivity index (χ3n) is 3.79. The monoisotopic (exact) mass is 394 g/mol. The lowest BCUT2D eigenvalue weighted by atomic mass is 10.4. The first-order chi connectivity index (χ1) is 12.5. The number of benzene rings is 1. The summed E-state index contributed by atoms with van der Waals surface area (Å²) in [7, 11) is -1.52. The van der Waals surface area contributed by atoms with E-state index in [-0.39, 0.29) is 5.75 Å². The summed E-state index contributed by atoms with van der Waals surface area (Å²) in [5.41, 5.74) is 0. The van der Waals surface area contributed by atoms with Crippen LogP contribution in [0.2, 0.25) is 0 Å². The summed E-state index contributed by atoms with van der Waals surface area (Å²) in [5.74, 6) is 0.786. The van der Waals surface area contributed by atoms with Gasteiger partial charge in [0.2, 0.25) is 0 Å². The lowest BCUT2D eigenvalue weighted by Gasteiger charge is -2.11. The average molecular weight is 395 g/mol. The first kappa shape index (κ1) is 20.4. The van der Waals surface area contributed by atoms with Gasteiger partial charge in [0.1, 0.15) is 0 Å². The van der Waals surface area contributed by atoms with E-state index < -0.39 is 9.84 Å². The van der Waals surface area contributed by atoms with Crippen LogP contribution in [0.5, 0.6) is 0 Å². The summed E-state index contributed by atoms with van der Waals surface area (Å²) in [4.78, 5) is 10.2. The predicted molar refractivity (Wildman–Crippen MR) is 108 cm³/mol. The Morgan fingerprint density at radius 1 is 1.19 bits per heavy atom. The van der Waals surface area contributed by atoms with Gasteiger partial charge in [-0.2, -0.15) is 0 Å². The van der Waals surface area contributed by atoms with E-state index in [1.54, 1.807) is 42.6 Å². The number of aromatic nitrogens is 1. The molecule has 0 aliphatic heterocycles. The minimum Gasteiger partial charge on any atom is -0.356 e. The number of hydrogen-bond acceptors (Lipinski definition) is 5. The number of sulfone groups is 1. The molecule has 142 valence electrons. The maximum atomic E-state index is 12.2. The van der Waals surface area contributed by atoms with Gasteiger partial charge in [-0.25, -0.2) is 13.4 Å². The number of nitrogens with one attached hydrogen (secondary N) is 2. The number of aryl methyl sites for hydroxylation is 1. The quantitative estimate of drug-likeness (QED) is 0.387. The Balaban J connectivity index is 1.68. The molecule has 0 saturated carbocycles. The van der Waals surface area contributed by atoms with Crippen molar-refractivity contribution in [2.45, 2.75) is 31.1 Å². The molecule has 0 bridgehead atoms. The number of hydrogen-bond donors (Lipinski definition) is 2. The fourth-order valence-corrected chi connectivity index (χ4v) is 4.54. The molecule has 0 fully saturated rings. The Hall–Kier alpha value is -1.93. The van der Waals surface area contributed by atoms with Crippen molar-refractivity contribution in [2.75, 3.05) is 25.9 Å². The molecule has 0 atom stereocenters. The highest BCUT2D eigenvalue weighted by Gasteiger charge is 2.13. The molecular weight excluding hydrogens is 368 g/mol. The normalized spacial score (nSPS) is 12.2. The maximum Gasteiger partial charge on any atom is 0.190 e. The molecule has 0 radical (unpaired) electrons. The SMILES string of the molecule is CCc1cnc(CCNC(=NC)NCCCS(=O)(=O)c2ccccc2)s1. The zero-order valence-corrected chi connectivity index (χ0v) is 16.9. The van der Waals surface area contributed by atoms with Gasteiger partial charge < -0.3 is 10.6 Å². The van der Waals surface area contributed by atoms with Gasteiger partial charge in [-0.15, -0.1) is 11.3 Å². The Morgan fingerprint density at radius 2 is 1.92 bits per heavy atom. The molecule has 0 saturated heterocycles. The van der Waals surface area contributed by atoms with Crippen LogP contribution in [0.3, 0.4) is 0 Å². The molecule has 2 aromatic rings. The van der Waals surface area contributed by atoms with E-state index in [1.165, 1.54) is 4.88 Å². The van der Waals surface area contributed by atoms with E-state index in [2.05, 4.69) is 27.5 Å². The number of rotatable bonds is 9. The van der Waals surface area contributed by atoms with Gasteiger partial charge in [0.05, 0.1) is 15.7 Å². The van der Waals surface area contributed by atoms with Crippen LogP contribution in [0.25, 0.3) is 0 Å². The first-order valence-corrected chi connectivity index (χ1v) is 11.2. The van der Waals surface area contributed by atoms with E-state index in [9.17, 15) is 8.42 Å². The topological polar surface area (TPSA) is 83.4 Å². The second kappa shape index (κ2) is 10.3. The van der Waals surface area contributed by atoms with Crippen LogP contribution in [-0.4, -0.2) is 45.3 Å². The van der Waals surface area contributed by atoms with E-state index in [1.807, 2.05) is 12.3 Å². The third-order valence-corrected chi connectivity index (χ3v) is 6.81. The fraction of sp³-hybridized carbons (Fsp3) is 0.444. The molecule has 26 heavy (non-hydrogen) atoms. The number of thiazole rings is 1. The van der Waals surface area contributed by atoms with Crippen molar-refractivity contribution in [3.8, 4) is 0 Å². The summed E-state index contributed by atoms with van der Waals surface area (Å²) < 4.78 is 24.4. The molecule has 0 aliphatic rings. The van der Waals surface area contributed by atoms with Gasteiger partial charge in [-0.3, -0.25) is 4.99 Å². The standard InChI is InChI=1S/C18H26N4O2S2/c1-3-15-14-22-17(25-15)10-12-21-18(19-2)20-11-7-13-26(23,24)16-8-5-4-6-9-16/h4-6,8-9,14H,3,7,10-13H2,1-2H3,(H2,19,20,21). The Bertz CT molecular complexity index is 802. The predicted octanol–water partition coefficient (Wildman–Crippen LogP) is 2.28. The molecule has 0 unspecified atom stereocenters. The molecule has 1 heterocycles. The van der Waals surface area contributed by atoms with Gasteiger partial charge in [-0.05, 0) is 25.0 Å². The zero-order chi connectivity index (χ0) is 18.8. The minimum atomic E-state index is -3.23. The van der Waals surface area contributed by atoms with Crippen LogP contribution >= 0.6 is 11.3 Å². The van der Waals surface area contributed by atoms with Gasteiger partial charge >= 0.3 is 0 Å². The van der Waals surface area contributed by atoms with Gasteiger partial charge in [0, 0.05) is 37.6 Å². The second-order valence-corrected chi connectivity index (χ2v) is 9.04. The second-order valence-electron chi connectivity index (χ2n) is 5.74. The van der Waals surface area contributed by atoms with Gasteiger partial charge in [0.25, 0.3) is 0 Å². The summed E-state index contributed by atoms with van der Waals surface area (Å²) in [6.07, 6.45) is 4.30. The molecule has 0 amide bonds. The maximum absolute atomic E-state index is 12.2. The van der Waals surface area contributed by atoms with Crippen LogP contribution in [0.15, 0.2) is 46.4 Å². The lowest BCUT2D eigenvalue weighted by molar-refractivity contribution is 0.592. The van der Waals surface area contributed by atoms with Crippen molar-refractivity contribution in [3.05, 3.63) is 46.4 Å². The van der Waals surface area contributed by atoms with Crippen molar-refractivity contribution in [2.24, 2.45) is 4.99 Å². The van der Waals surface area contributed by atoms with E-state index in [0.29, 0.717) is 23.8 Å². The van der Waals surface area contributed by atoms with E-state index >= 15 is 0 Å². The van der Waals surface area contributed by atoms with E-state index in [0.717, 1.165) is 24.4 Å². The van der Waals surface area contributed by atoms with Gasteiger partial charge in [-0.1, -0.05) is 25.1 Å². The Labute approximate surface area is 159 Å². The number of guanidine groups is 1. The summed E-state index contributed by atoms with van der Waals surface area (Å²) in [6.45, 7) is 3.40. The van der Waals surface area contributed by atoms with Crippen molar-refractivity contribution < 1.29 is 8.42 Å². The van der Waals surface area contributed by atoms with Crippen LogP contribution < -0.4 is 10.6 Å². The van der Waals surface area contributed by atoms with E-state index in [4.69, 9.17) is 0 Å². The average Bonchev–Trinajstić information content (AvgIpc) is 3.12. The number of nitrogens with zero attached hydrogens (tertiary/aromatic N) is 2. The third kappa shape index (κ3) is 6.42. The molecule has 6 nitrogen and oxygen atoms in total. The highest BCUT2D eigenvalue weighted by Crippen LogP contribution is 2.13. The summed E-state index contributed by atoms with van der Waals surface area (Å²) in [6, 6.07) is 8.55. The highest BCUT2D eigenvalue weighted by molar-refractivity contribution is 7.91. The Kier molecular flexibility index (Phi) is 8.06. The molecule has 8 heteroatoms. The molecule has 2 N–H and O–H groups in total. The molecule has 1 aromatic carbocycles. The minimum absolute atomic E-state index is 0.111.